The fourth-order valence-electron chi connectivity index (χ4n) is 2.77. The SMILES string of the molecule is O=[N+]([O-])c1cc(Br)cc(OCC2(CBr)CCCCCC2)c1. The minimum atomic E-state index is -0.399. The molecule has 1 aromatic rings. The largest absolute Gasteiger partial charge is 0.493 e. The first-order valence-electron chi connectivity index (χ1n) is 7.18. The van der Waals surface area contributed by atoms with Gasteiger partial charge in [0.2, 0.25) is 0 Å². The topological polar surface area (TPSA) is 52.4 Å². The zero-order chi connectivity index (χ0) is 15.3. The van der Waals surface area contributed by atoms with Crippen molar-refractivity contribution in [1.29, 1.82) is 0 Å². The fourth-order valence-corrected chi connectivity index (χ4v) is 3.95. The van der Waals surface area contributed by atoms with Gasteiger partial charge in [-0.15, -0.1) is 0 Å². The Balaban J connectivity index is 2.08. The molecule has 0 N–H and O–H groups in total. The average molecular weight is 421 g/mol. The first kappa shape index (κ1) is 16.7. The van der Waals surface area contributed by atoms with Gasteiger partial charge >= 0.3 is 0 Å². The summed E-state index contributed by atoms with van der Waals surface area (Å²) in [4.78, 5) is 10.5. The second kappa shape index (κ2) is 7.58. The van der Waals surface area contributed by atoms with E-state index in [9.17, 15) is 10.1 Å². The van der Waals surface area contributed by atoms with Gasteiger partial charge in [0.25, 0.3) is 5.69 Å². The van der Waals surface area contributed by atoms with E-state index in [4.69, 9.17) is 4.74 Å². The van der Waals surface area contributed by atoms with Gasteiger partial charge in [-0.05, 0) is 18.9 Å². The Kier molecular flexibility index (Phi) is 6.05. The van der Waals surface area contributed by atoms with Crippen LogP contribution in [0.25, 0.3) is 0 Å². The maximum Gasteiger partial charge on any atom is 0.274 e. The van der Waals surface area contributed by atoms with Gasteiger partial charge in [0.15, 0.2) is 0 Å². The summed E-state index contributed by atoms with van der Waals surface area (Å²) in [5.74, 6) is 0.556. The number of hydrogen-bond donors (Lipinski definition) is 0. The zero-order valence-corrected chi connectivity index (χ0v) is 15.0. The van der Waals surface area contributed by atoms with E-state index in [1.54, 1.807) is 6.07 Å². The van der Waals surface area contributed by atoms with Crippen molar-refractivity contribution in [3.05, 3.63) is 32.8 Å². The molecule has 0 aliphatic heterocycles. The summed E-state index contributed by atoms with van der Waals surface area (Å²) in [6, 6.07) is 4.76. The number of nitro benzene ring substituents is 1. The number of halogens is 2. The van der Waals surface area contributed by atoms with E-state index in [0.29, 0.717) is 16.8 Å². The Morgan fingerprint density at radius 1 is 1.19 bits per heavy atom. The molecular formula is C15H19Br2NO3. The van der Waals surface area contributed by atoms with Crippen molar-refractivity contribution in [3.8, 4) is 5.75 Å². The van der Waals surface area contributed by atoms with Gasteiger partial charge in [-0.25, -0.2) is 0 Å². The molecule has 0 bridgehead atoms. The Hall–Kier alpha value is -0.620. The number of ether oxygens (including phenoxy) is 1. The van der Waals surface area contributed by atoms with Crippen LogP contribution in [0, 0.1) is 15.5 Å². The highest BCUT2D eigenvalue weighted by molar-refractivity contribution is 9.10. The van der Waals surface area contributed by atoms with E-state index in [1.165, 1.54) is 37.8 Å². The monoisotopic (exact) mass is 419 g/mol. The van der Waals surface area contributed by atoms with Gasteiger partial charge < -0.3 is 4.74 Å². The van der Waals surface area contributed by atoms with Crippen LogP contribution < -0.4 is 4.74 Å². The van der Waals surface area contributed by atoms with Crippen LogP contribution in [0.3, 0.4) is 0 Å². The molecule has 0 spiro atoms. The van der Waals surface area contributed by atoms with Crippen molar-refractivity contribution in [2.24, 2.45) is 5.41 Å². The smallest absolute Gasteiger partial charge is 0.274 e. The maximum absolute atomic E-state index is 10.9. The maximum atomic E-state index is 10.9. The second-order valence-corrected chi connectivity index (χ2v) is 7.22. The Morgan fingerprint density at radius 2 is 1.86 bits per heavy atom. The van der Waals surface area contributed by atoms with Crippen LogP contribution in [0.4, 0.5) is 5.69 Å². The van der Waals surface area contributed by atoms with Crippen LogP contribution in [-0.2, 0) is 0 Å². The molecule has 116 valence electrons. The van der Waals surface area contributed by atoms with Crippen molar-refractivity contribution < 1.29 is 9.66 Å². The highest BCUT2D eigenvalue weighted by Crippen LogP contribution is 2.37. The fraction of sp³-hybridized carbons (Fsp3) is 0.600. The lowest BCUT2D eigenvalue weighted by atomic mass is 9.83. The van der Waals surface area contributed by atoms with E-state index >= 15 is 0 Å². The highest BCUT2D eigenvalue weighted by atomic mass is 79.9. The van der Waals surface area contributed by atoms with Crippen molar-refractivity contribution in [3.63, 3.8) is 0 Å². The summed E-state index contributed by atoms with van der Waals surface area (Å²) in [7, 11) is 0. The molecule has 21 heavy (non-hydrogen) atoms. The molecular weight excluding hydrogens is 402 g/mol. The first-order chi connectivity index (χ1) is 10.0. The second-order valence-electron chi connectivity index (χ2n) is 5.74. The lowest BCUT2D eigenvalue weighted by Gasteiger charge is -2.30. The Morgan fingerprint density at radius 3 is 2.43 bits per heavy atom. The van der Waals surface area contributed by atoms with Crippen LogP contribution in [0.5, 0.6) is 5.75 Å². The lowest BCUT2D eigenvalue weighted by Crippen LogP contribution is -2.30. The van der Waals surface area contributed by atoms with Gasteiger partial charge in [0.1, 0.15) is 5.75 Å². The zero-order valence-electron chi connectivity index (χ0n) is 11.8. The molecule has 0 amide bonds. The van der Waals surface area contributed by atoms with E-state index in [1.807, 2.05) is 0 Å². The number of alkyl halides is 1. The minimum absolute atomic E-state index is 0.0492. The van der Waals surface area contributed by atoms with Crippen LogP contribution in [0.1, 0.15) is 38.5 Å². The summed E-state index contributed by atoms with van der Waals surface area (Å²) in [6.07, 6.45) is 7.33. The van der Waals surface area contributed by atoms with E-state index in [2.05, 4.69) is 31.9 Å². The van der Waals surface area contributed by atoms with Crippen LogP contribution in [0.2, 0.25) is 0 Å². The van der Waals surface area contributed by atoms with Crippen molar-refractivity contribution >= 4 is 37.5 Å². The lowest BCUT2D eigenvalue weighted by molar-refractivity contribution is -0.385. The number of non-ortho nitro benzene ring substituents is 1. The number of nitrogens with zero attached hydrogens (tertiary/aromatic N) is 1. The molecule has 0 saturated heterocycles. The third-order valence-electron chi connectivity index (χ3n) is 4.06. The van der Waals surface area contributed by atoms with Crippen molar-refractivity contribution in [2.45, 2.75) is 38.5 Å². The normalized spacial score (nSPS) is 18.0. The predicted molar refractivity (Wildman–Crippen MR) is 90.2 cm³/mol. The highest BCUT2D eigenvalue weighted by Gasteiger charge is 2.31. The van der Waals surface area contributed by atoms with E-state index in [-0.39, 0.29) is 11.1 Å². The van der Waals surface area contributed by atoms with Crippen molar-refractivity contribution in [1.82, 2.24) is 0 Å². The molecule has 0 unspecified atom stereocenters. The van der Waals surface area contributed by atoms with Gasteiger partial charge in [-0.3, -0.25) is 10.1 Å². The molecule has 4 nitrogen and oxygen atoms in total. The Labute approximate surface area is 141 Å². The van der Waals surface area contributed by atoms with Gasteiger partial charge in [0.05, 0.1) is 17.6 Å². The molecule has 1 saturated carbocycles. The molecule has 1 fully saturated rings. The molecule has 1 aliphatic carbocycles. The van der Waals surface area contributed by atoms with Crippen molar-refractivity contribution in [2.75, 3.05) is 11.9 Å². The standard InChI is InChI=1S/C15H19Br2NO3/c16-10-15(5-3-1-2-4-6-15)11-21-14-8-12(17)7-13(9-14)18(19)20/h7-9H,1-6,10-11H2. The van der Waals surface area contributed by atoms with Crippen LogP contribution >= 0.6 is 31.9 Å². The first-order valence-corrected chi connectivity index (χ1v) is 9.10. The molecule has 0 atom stereocenters. The third-order valence-corrected chi connectivity index (χ3v) is 5.71. The summed E-state index contributed by atoms with van der Waals surface area (Å²) >= 11 is 6.93. The number of nitro groups is 1. The molecule has 6 heteroatoms. The molecule has 0 radical (unpaired) electrons. The van der Waals surface area contributed by atoms with Crippen LogP contribution in [0.15, 0.2) is 22.7 Å². The average Bonchev–Trinajstić information content (AvgIpc) is 2.71. The van der Waals surface area contributed by atoms with E-state index in [0.717, 1.165) is 18.2 Å². The number of rotatable bonds is 5. The molecule has 1 aliphatic rings. The summed E-state index contributed by atoms with van der Waals surface area (Å²) in [5.41, 5.74) is 0.196. The van der Waals surface area contributed by atoms with Crippen LogP contribution in [-0.4, -0.2) is 16.9 Å². The molecule has 0 heterocycles. The summed E-state index contributed by atoms with van der Waals surface area (Å²) in [5, 5.41) is 11.8. The Bertz CT molecular complexity index is 500. The molecule has 1 aromatic carbocycles. The predicted octanol–water partition coefficient (Wildman–Crippen LogP) is 5.47. The summed E-state index contributed by atoms with van der Waals surface area (Å²) < 4.78 is 6.57. The summed E-state index contributed by atoms with van der Waals surface area (Å²) in [6.45, 7) is 0.603. The van der Waals surface area contributed by atoms with Gasteiger partial charge in [0, 0.05) is 21.3 Å². The van der Waals surface area contributed by atoms with E-state index < -0.39 is 4.92 Å². The van der Waals surface area contributed by atoms with Gasteiger partial charge in [-0.2, -0.15) is 0 Å². The van der Waals surface area contributed by atoms with Gasteiger partial charge in [-0.1, -0.05) is 57.5 Å². The molecule has 2 rings (SSSR count). The number of benzene rings is 1. The molecule has 0 aromatic heterocycles. The number of hydrogen-bond acceptors (Lipinski definition) is 3. The minimum Gasteiger partial charge on any atom is -0.493 e. The third kappa shape index (κ3) is 4.68. The quantitative estimate of drug-likeness (QED) is 0.274.